The Morgan fingerprint density at radius 3 is 2.61 bits per heavy atom. The summed E-state index contributed by atoms with van der Waals surface area (Å²) in [4.78, 5) is 25.7. The molecule has 28 heavy (non-hydrogen) atoms. The Hall–Kier alpha value is -3.03. The molecule has 1 aromatic carbocycles. The molecule has 2 heterocycles. The molecular formula is C20H27N5O3. The highest BCUT2D eigenvalue weighted by molar-refractivity contribution is 5.74. The Balaban J connectivity index is 1.45. The molecule has 8 nitrogen and oxygen atoms in total. The highest BCUT2D eigenvalue weighted by atomic mass is 16.6. The summed E-state index contributed by atoms with van der Waals surface area (Å²) >= 11 is 0. The zero-order valence-corrected chi connectivity index (χ0v) is 16.1. The molecular weight excluding hydrogens is 358 g/mol. The number of carbonyl (C=O) groups excluding carboxylic acids is 2. The third-order valence-corrected chi connectivity index (χ3v) is 4.81. The summed E-state index contributed by atoms with van der Waals surface area (Å²) in [5, 5.41) is 10.2. The second-order valence-electron chi connectivity index (χ2n) is 6.76. The fraction of sp³-hybridized carbons (Fsp3) is 0.450. The minimum atomic E-state index is -0.279. The number of urea groups is 1. The second kappa shape index (κ2) is 9.77. The fourth-order valence-electron chi connectivity index (χ4n) is 3.29. The van der Waals surface area contributed by atoms with Crippen molar-refractivity contribution >= 4 is 12.1 Å². The van der Waals surface area contributed by atoms with E-state index in [0.29, 0.717) is 32.8 Å². The van der Waals surface area contributed by atoms with E-state index in [1.165, 1.54) is 0 Å². The summed E-state index contributed by atoms with van der Waals surface area (Å²) in [5.74, 6) is 0. The lowest BCUT2D eigenvalue weighted by molar-refractivity contribution is 0.0957. The molecule has 8 heteroatoms. The maximum Gasteiger partial charge on any atom is 0.409 e. The molecule has 0 unspecified atom stereocenters. The quantitative estimate of drug-likeness (QED) is 0.799. The van der Waals surface area contributed by atoms with E-state index in [0.717, 1.165) is 24.0 Å². The molecule has 0 bridgehead atoms. The molecule has 150 valence electrons. The van der Waals surface area contributed by atoms with Crippen LogP contribution in [0.1, 0.15) is 30.9 Å². The summed E-state index contributed by atoms with van der Waals surface area (Å²) in [6.07, 6.45) is 4.84. The van der Waals surface area contributed by atoms with Gasteiger partial charge in [0.15, 0.2) is 0 Å². The van der Waals surface area contributed by atoms with Gasteiger partial charge in [-0.15, -0.1) is 0 Å². The molecule has 1 aliphatic rings. The molecule has 0 aliphatic carbocycles. The summed E-state index contributed by atoms with van der Waals surface area (Å²) in [7, 11) is 0. The van der Waals surface area contributed by atoms with E-state index < -0.39 is 0 Å². The lowest BCUT2D eigenvalue weighted by atomic mass is 10.1. The van der Waals surface area contributed by atoms with Crippen molar-refractivity contribution in [1.29, 1.82) is 0 Å². The number of rotatable bonds is 6. The third kappa shape index (κ3) is 5.48. The molecule has 2 N–H and O–H groups in total. The highest BCUT2D eigenvalue weighted by Gasteiger charge is 2.24. The first-order chi connectivity index (χ1) is 13.7. The van der Waals surface area contributed by atoms with Gasteiger partial charge in [-0.25, -0.2) is 9.59 Å². The maximum absolute atomic E-state index is 12.3. The smallest absolute Gasteiger partial charge is 0.409 e. The predicted molar refractivity (Wildman–Crippen MR) is 105 cm³/mol. The maximum atomic E-state index is 12.3. The van der Waals surface area contributed by atoms with E-state index in [-0.39, 0.29) is 18.2 Å². The van der Waals surface area contributed by atoms with Gasteiger partial charge in [-0.3, -0.25) is 4.68 Å². The molecule has 1 saturated heterocycles. The van der Waals surface area contributed by atoms with Crippen molar-refractivity contribution in [2.75, 3.05) is 19.7 Å². The number of hydrogen-bond donors (Lipinski definition) is 2. The molecule has 1 fully saturated rings. The van der Waals surface area contributed by atoms with Crippen LogP contribution in [-0.4, -0.2) is 52.5 Å². The minimum absolute atomic E-state index is 0.0602. The zero-order valence-electron chi connectivity index (χ0n) is 16.1. The van der Waals surface area contributed by atoms with Crippen molar-refractivity contribution in [1.82, 2.24) is 25.3 Å². The largest absolute Gasteiger partial charge is 0.450 e. The number of ether oxygens (including phenoxy) is 1. The van der Waals surface area contributed by atoms with Crippen molar-refractivity contribution in [2.45, 2.75) is 38.9 Å². The van der Waals surface area contributed by atoms with Gasteiger partial charge in [-0.1, -0.05) is 24.3 Å². The van der Waals surface area contributed by atoms with Crippen LogP contribution in [-0.2, 0) is 17.8 Å². The van der Waals surface area contributed by atoms with Crippen molar-refractivity contribution in [3.63, 3.8) is 0 Å². The van der Waals surface area contributed by atoms with Crippen LogP contribution < -0.4 is 10.6 Å². The molecule has 1 aliphatic heterocycles. The standard InChI is InChI=1S/C20H27N5O3/c1-2-28-20(27)24-12-8-18(9-13-24)23-19(26)21-14-16-6-3-4-7-17(16)15-25-11-5-10-22-25/h3-7,10-11,18H,2,8-9,12-15H2,1H3,(H2,21,23,26). The number of piperidine rings is 1. The van der Waals surface area contributed by atoms with Crippen LogP contribution in [0.3, 0.4) is 0 Å². The first-order valence-corrected chi connectivity index (χ1v) is 9.66. The zero-order chi connectivity index (χ0) is 19.8. The monoisotopic (exact) mass is 385 g/mol. The van der Waals surface area contributed by atoms with Crippen LogP contribution in [0.5, 0.6) is 0 Å². The van der Waals surface area contributed by atoms with E-state index in [2.05, 4.69) is 15.7 Å². The molecule has 0 radical (unpaired) electrons. The fourth-order valence-corrected chi connectivity index (χ4v) is 3.29. The summed E-state index contributed by atoms with van der Waals surface area (Å²) in [6.45, 7) is 4.47. The SMILES string of the molecule is CCOC(=O)N1CCC(NC(=O)NCc2ccccc2Cn2cccn2)CC1. The first kappa shape index (κ1) is 19.7. The van der Waals surface area contributed by atoms with Crippen molar-refractivity contribution in [3.05, 3.63) is 53.9 Å². The number of nitrogens with zero attached hydrogens (tertiary/aromatic N) is 3. The Morgan fingerprint density at radius 2 is 1.93 bits per heavy atom. The normalized spacial score (nSPS) is 14.5. The van der Waals surface area contributed by atoms with E-state index in [9.17, 15) is 9.59 Å². The molecule has 3 rings (SSSR count). The molecule has 1 aromatic heterocycles. The van der Waals surface area contributed by atoms with Crippen LogP contribution >= 0.6 is 0 Å². The number of aromatic nitrogens is 2. The van der Waals surface area contributed by atoms with Gasteiger partial charge in [0.05, 0.1) is 13.2 Å². The van der Waals surface area contributed by atoms with Crippen LogP contribution in [0.15, 0.2) is 42.7 Å². The van der Waals surface area contributed by atoms with Gasteiger partial charge in [0.1, 0.15) is 0 Å². The van der Waals surface area contributed by atoms with Crippen LogP contribution in [0, 0.1) is 0 Å². The van der Waals surface area contributed by atoms with Gasteiger partial charge in [0.2, 0.25) is 0 Å². The molecule has 0 saturated carbocycles. The van der Waals surface area contributed by atoms with Gasteiger partial charge in [-0.2, -0.15) is 5.10 Å². The van der Waals surface area contributed by atoms with Gasteiger partial charge >= 0.3 is 12.1 Å². The lowest BCUT2D eigenvalue weighted by Crippen LogP contribution is -2.49. The number of likely N-dealkylation sites (tertiary alicyclic amines) is 1. The highest BCUT2D eigenvalue weighted by Crippen LogP contribution is 2.12. The molecule has 0 atom stereocenters. The van der Waals surface area contributed by atoms with Gasteiger partial charge in [-0.05, 0) is 37.0 Å². The van der Waals surface area contributed by atoms with E-state index in [4.69, 9.17) is 4.74 Å². The van der Waals surface area contributed by atoms with Gasteiger partial charge in [0, 0.05) is 38.1 Å². The van der Waals surface area contributed by atoms with E-state index in [1.54, 1.807) is 18.0 Å². The molecule has 2 aromatic rings. The van der Waals surface area contributed by atoms with Crippen molar-refractivity contribution in [2.24, 2.45) is 0 Å². The summed E-state index contributed by atoms with van der Waals surface area (Å²) in [5.41, 5.74) is 2.18. The summed E-state index contributed by atoms with van der Waals surface area (Å²) < 4.78 is 6.87. The van der Waals surface area contributed by atoms with Crippen molar-refractivity contribution in [3.8, 4) is 0 Å². The third-order valence-electron chi connectivity index (χ3n) is 4.81. The summed E-state index contributed by atoms with van der Waals surface area (Å²) in [6, 6.07) is 9.76. The number of carbonyl (C=O) groups is 2. The number of benzene rings is 1. The Labute approximate surface area is 164 Å². The molecule has 3 amide bonds. The number of nitrogens with one attached hydrogen (secondary N) is 2. The lowest BCUT2D eigenvalue weighted by Gasteiger charge is -2.31. The number of hydrogen-bond acceptors (Lipinski definition) is 4. The number of amides is 3. The van der Waals surface area contributed by atoms with Crippen LogP contribution in [0.25, 0.3) is 0 Å². The minimum Gasteiger partial charge on any atom is -0.450 e. The average Bonchev–Trinajstić information content (AvgIpc) is 3.21. The predicted octanol–water partition coefficient (Wildman–Crippen LogP) is 2.35. The van der Waals surface area contributed by atoms with Gasteiger partial charge in [0.25, 0.3) is 0 Å². The van der Waals surface area contributed by atoms with Gasteiger partial charge < -0.3 is 20.3 Å². The Morgan fingerprint density at radius 1 is 1.18 bits per heavy atom. The van der Waals surface area contributed by atoms with Crippen molar-refractivity contribution < 1.29 is 14.3 Å². The first-order valence-electron chi connectivity index (χ1n) is 9.66. The Kier molecular flexibility index (Phi) is 6.89. The average molecular weight is 385 g/mol. The Bertz CT molecular complexity index is 770. The molecule has 0 spiro atoms. The second-order valence-corrected chi connectivity index (χ2v) is 6.76. The topological polar surface area (TPSA) is 88.5 Å². The van der Waals surface area contributed by atoms with Crippen LogP contribution in [0.4, 0.5) is 9.59 Å². The van der Waals surface area contributed by atoms with E-state index >= 15 is 0 Å². The van der Waals surface area contributed by atoms with E-state index in [1.807, 2.05) is 41.2 Å². The van der Waals surface area contributed by atoms with Crippen LogP contribution in [0.2, 0.25) is 0 Å².